The number of anilines is 1. The van der Waals surface area contributed by atoms with Gasteiger partial charge in [0.05, 0.1) is 21.3 Å². The molecule has 1 aliphatic rings. The number of rotatable bonds is 7. The minimum absolute atomic E-state index is 0.278. The van der Waals surface area contributed by atoms with E-state index in [1.165, 1.54) is 11.3 Å². The number of nitrogens with zero attached hydrogens (tertiary/aromatic N) is 3. The third-order valence-electron chi connectivity index (χ3n) is 5.11. The smallest absolute Gasteiger partial charge is 0.262 e. The minimum Gasteiger partial charge on any atom is -0.287 e. The highest BCUT2D eigenvalue weighted by molar-refractivity contribution is 7.98. The Balaban J connectivity index is 1.70. The number of imide groups is 1. The molecule has 3 amide bonds. The van der Waals surface area contributed by atoms with E-state index in [-0.39, 0.29) is 5.91 Å². The molecular weight excluding hydrogens is 418 g/mol. The number of benzene rings is 2. The first-order valence-electron chi connectivity index (χ1n) is 9.69. The SMILES string of the molecule is CCN(C(=O)C(CCSC)N1C(=O)c2ccccc2C1=O)c1nc2ccccc2s1. The molecule has 0 aliphatic carbocycles. The van der Waals surface area contributed by atoms with Crippen LogP contribution in [0.1, 0.15) is 34.1 Å². The van der Waals surface area contributed by atoms with Gasteiger partial charge >= 0.3 is 0 Å². The van der Waals surface area contributed by atoms with Crippen molar-refractivity contribution in [2.24, 2.45) is 0 Å². The summed E-state index contributed by atoms with van der Waals surface area (Å²) in [5.74, 6) is -0.438. The highest BCUT2D eigenvalue weighted by Crippen LogP contribution is 2.31. The number of fused-ring (bicyclic) bond motifs is 2. The van der Waals surface area contributed by atoms with E-state index in [0.29, 0.717) is 35.0 Å². The molecule has 0 bridgehead atoms. The zero-order valence-corrected chi connectivity index (χ0v) is 18.3. The lowest BCUT2D eigenvalue weighted by atomic mass is 10.1. The van der Waals surface area contributed by atoms with Gasteiger partial charge in [0, 0.05) is 6.54 Å². The second kappa shape index (κ2) is 8.57. The molecule has 2 aromatic carbocycles. The van der Waals surface area contributed by atoms with Gasteiger partial charge < -0.3 is 0 Å². The highest BCUT2D eigenvalue weighted by Gasteiger charge is 2.43. The molecule has 154 valence electrons. The first-order valence-corrected chi connectivity index (χ1v) is 11.9. The molecule has 1 aromatic heterocycles. The van der Waals surface area contributed by atoms with Crippen LogP contribution in [-0.2, 0) is 4.79 Å². The van der Waals surface area contributed by atoms with Crippen LogP contribution in [0.2, 0.25) is 0 Å². The number of carbonyl (C=O) groups excluding carboxylic acids is 3. The molecular formula is C22H21N3O3S2. The molecule has 6 nitrogen and oxygen atoms in total. The van der Waals surface area contributed by atoms with Crippen LogP contribution in [0.4, 0.5) is 5.13 Å². The Kier molecular flexibility index (Phi) is 5.87. The van der Waals surface area contributed by atoms with E-state index in [9.17, 15) is 14.4 Å². The van der Waals surface area contributed by atoms with Crippen molar-refractivity contribution < 1.29 is 14.4 Å². The Morgan fingerprint density at radius 1 is 1.10 bits per heavy atom. The summed E-state index contributed by atoms with van der Waals surface area (Å²) in [4.78, 5) is 47.0. The number of hydrogen-bond acceptors (Lipinski definition) is 6. The Morgan fingerprint density at radius 3 is 2.33 bits per heavy atom. The maximum atomic E-state index is 13.6. The van der Waals surface area contributed by atoms with Crippen molar-refractivity contribution in [1.82, 2.24) is 9.88 Å². The van der Waals surface area contributed by atoms with Crippen LogP contribution in [0, 0.1) is 0 Å². The third kappa shape index (κ3) is 3.50. The van der Waals surface area contributed by atoms with E-state index in [1.54, 1.807) is 40.9 Å². The summed E-state index contributed by atoms with van der Waals surface area (Å²) in [5.41, 5.74) is 1.53. The molecule has 3 aromatic rings. The fourth-order valence-corrected chi connectivity index (χ4v) is 5.12. The maximum Gasteiger partial charge on any atom is 0.262 e. The van der Waals surface area contributed by atoms with Crippen molar-refractivity contribution in [2.45, 2.75) is 19.4 Å². The van der Waals surface area contributed by atoms with E-state index in [0.717, 1.165) is 15.1 Å². The van der Waals surface area contributed by atoms with Crippen LogP contribution in [0.25, 0.3) is 10.2 Å². The highest BCUT2D eigenvalue weighted by atomic mass is 32.2. The Morgan fingerprint density at radius 2 is 1.73 bits per heavy atom. The van der Waals surface area contributed by atoms with E-state index >= 15 is 0 Å². The number of hydrogen-bond donors (Lipinski definition) is 0. The first kappa shape index (κ1) is 20.6. The zero-order valence-electron chi connectivity index (χ0n) is 16.7. The number of carbonyl (C=O) groups is 3. The predicted molar refractivity (Wildman–Crippen MR) is 121 cm³/mol. The third-order valence-corrected chi connectivity index (χ3v) is 6.82. The summed E-state index contributed by atoms with van der Waals surface area (Å²) in [6.07, 6.45) is 2.34. The number of thioether (sulfide) groups is 1. The average molecular weight is 440 g/mol. The molecule has 0 saturated carbocycles. The number of likely N-dealkylation sites (N-methyl/N-ethyl adjacent to an activating group) is 1. The molecule has 0 saturated heterocycles. The van der Waals surface area contributed by atoms with Crippen molar-refractivity contribution in [2.75, 3.05) is 23.5 Å². The van der Waals surface area contributed by atoms with E-state index < -0.39 is 17.9 Å². The minimum atomic E-state index is -0.864. The monoisotopic (exact) mass is 439 g/mol. The lowest BCUT2D eigenvalue weighted by molar-refractivity contribution is -0.122. The molecule has 4 rings (SSSR count). The molecule has 8 heteroatoms. The molecule has 0 radical (unpaired) electrons. The van der Waals surface area contributed by atoms with Crippen LogP contribution in [0.15, 0.2) is 48.5 Å². The summed E-state index contributed by atoms with van der Waals surface area (Å²) in [5, 5.41) is 0.578. The van der Waals surface area contributed by atoms with Crippen molar-refractivity contribution in [3.05, 3.63) is 59.7 Å². The average Bonchev–Trinajstić information content (AvgIpc) is 3.29. The summed E-state index contributed by atoms with van der Waals surface area (Å²) in [6.45, 7) is 2.27. The number of thiazole rings is 1. The molecule has 0 N–H and O–H groups in total. The van der Waals surface area contributed by atoms with Gasteiger partial charge in [0.15, 0.2) is 5.13 Å². The Labute approximate surface area is 182 Å². The number of para-hydroxylation sites is 1. The fraction of sp³-hybridized carbons (Fsp3) is 0.273. The zero-order chi connectivity index (χ0) is 21.3. The lowest BCUT2D eigenvalue weighted by Crippen LogP contribution is -2.51. The van der Waals surface area contributed by atoms with Gasteiger partial charge in [-0.1, -0.05) is 35.6 Å². The van der Waals surface area contributed by atoms with Crippen LogP contribution in [0.5, 0.6) is 0 Å². The van der Waals surface area contributed by atoms with E-state index in [2.05, 4.69) is 4.98 Å². The quantitative estimate of drug-likeness (QED) is 0.519. The second-order valence-electron chi connectivity index (χ2n) is 6.87. The molecule has 0 spiro atoms. The van der Waals surface area contributed by atoms with Gasteiger partial charge in [-0.2, -0.15) is 11.8 Å². The van der Waals surface area contributed by atoms with Crippen molar-refractivity contribution in [3.63, 3.8) is 0 Å². The van der Waals surface area contributed by atoms with Gasteiger partial charge in [-0.3, -0.25) is 24.2 Å². The van der Waals surface area contributed by atoms with E-state index in [4.69, 9.17) is 0 Å². The topological polar surface area (TPSA) is 70.6 Å². The normalized spacial score (nSPS) is 14.3. The summed E-state index contributed by atoms with van der Waals surface area (Å²) in [7, 11) is 0. The predicted octanol–water partition coefficient (Wildman–Crippen LogP) is 4.07. The standard InChI is InChI=1S/C22H21N3O3S2/c1-3-24(22-23-16-10-6-7-11-18(16)30-22)21(28)17(12-13-29-2)25-19(26)14-8-4-5-9-15(14)20(25)27/h4-11,17H,3,12-13H2,1-2H3. The fourth-order valence-electron chi connectivity index (χ4n) is 3.62. The van der Waals surface area contributed by atoms with Crippen molar-refractivity contribution in [1.29, 1.82) is 0 Å². The number of amides is 3. The largest absolute Gasteiger partial charge is 0.287 e. The van der Waals surface area contributed by atoms with Gasteiger partial charge in [0.25, 0.3) is 17.7 Å². The Bertz CT molecular complexity index is 1060. The first-order chi connectivity index (χ1) is 14.6. The van der Waals surface area contributed by atoms with Crippen LogP contribution in [0.3, 0.4) is 0 Å². The van der Waals surface area contributed by atoms with Crippen molar-refractivity contribution in [3.8, 4) is 0 Å². The summed E-state index contributed by atoms with van der Waals surface area (Å²) < 4.78 is 0.986. The molecule has 0 fully saturated rings. The lowest BCUT2D eigenvalue weighted by Gasteiger charge is -2.29. The number of aromatic nitrogens is 1. The molecule has 1 unspecified atom stereocenters. The van der Waals surface area contributed by atoms with Gasteiger partial charge in [-0.25, -0.2) is 4.98 Å². The second-order valence-corrected chi connectivity index (χ2v) is 8.86. The van der Waals surface area contributed by atoms with Gasteiger partial charge in [-0.15, -0.1) is 0 Å². The molecule has 1 atom stereocenters. The van der Waals surface area contributed by atoms with Crippen LogP contribution < -0.4 is 4.90 Å². The van der Waals surface area contributed by atoms with Gasteiger partial charge in [0.2, 0.25) is 0 Å². The van der Waals surface area contributed by atoms with Crippen LogP contribution in [-0.4, -0.2) is 52.2 Å². The summed E-state index contributed by atoms with van der Waals surface area (Å²) >= 11 is 3.01. The summed E-state index contributed by atoms with van der Waals surface area (Å²) in [6, 6.07) is 13.6. The molecule has 1 aliphatic heterocycles. The maximum absolute atomic E-state index is 13.6. The van der Waals surface area contributed by atoms with Crippen LogP contribution >= 0.6 is 23.1 Å². The molecule has 30 heavy (non-hydrogen) atoms. The molecule has 2 heterocycles. The van der Waals surface area contributed by atoms with Gasteiger partial charge in [-0.05, 0) is 49.6 Å². The Hall–Kier alpha value is -2.71. The van der Waals surface area contributed by atoms with E-state index in [1.807, 2.05) is 37.4 Å². The van der Waals surface area contributed by atoms with Crippen molar-refractivity contribution >= 4 is 56.2 Å². The van der Waals surface area contributed by atoms with Gasteiger partial charge in [0.1, 0.15) is 6.04 Å².